The molecule has 1 amide bonds. The maximum atomic E-state index is 12.4. The standard InChI is InChI=1S/C19H31N3O2.2ClH/c1-14(2)12-22-9-10-24-17(13-22)11-21-19(23)15(3)18(20)16-7-5-4-6-8-16;;/h4-8,14-15,17-18H,9-13,20H2,1-3H3,(H,21,23);2*1H. The third-order valence-electron chi connectivity index (χ3n) is 4.49. The molecule has 1 aromatic rings. The van der Waals surface area contributed by atoms with Gasteiger partial charge in [0.2, 0.25) is 5.91 Å². The average Bonchev–Trinajstić information content (AvgIpc) is 2.59. The molecule has 0 saturated carbocycles. The van der Waals surface area contributed by atoms with Gasteiger partial charge in [-0.15, -0.1) is 24.8 Å². The van der Waals surface area contributed by atoms with Crippen LogP contribution in [0.1, 0.15) is 32.4 Å². The highest BCUT2D eigenvalue weighted by molar-refractivity contribution is 5.85. The molecular weight excluding hydrogens is 373 g/mol. The Hall–Kier alpha value is -0.850. The van der Waals surface area contributed by atoms with Gasteiger partial charge in [-0.25, -0.2) is 0 Å². The highest BCUT2D eigenvalue weighted by Crippen LogP contribution is 2.19. The van der Waals surface area contributed by atoms with Crippen molar-refractivity contribution in [3.63, 3.8) is 0 Å². The number of carbonyl (C=O) groups is 1. The Bertz CT molecular complexity index is 517. The lowest BCUT2D eigenvalue weighted by Gasteiger charge is -2.34. The predicted molar refractivity (Wildman–Crippen MR) is 111 cm³/mol. The molecule has 0 bridgehead atoms. The third-order valence-corrected chi connectivity index (χ3v) is 4.49. The lowest BCUT2D eigenvalue weighted by Crippen LogP contribution is -2.49. The number of hydrogen-bond acceptors (Lipinski definition) is 4. The van der Waals surface area contributed by atoms with Crippen molar-refractivity contribution in [1.82, 2.24) is 10.2 Å². The topological polar surface area (TPSA) is 67.6 Å². The SMILES string of the molecule is CC(C)CN1CCOC(CNC(=O)C(C)C(N)c2ccccc2)C1.Cl.Cl. The number of ether oxygens (including phenoxy) is 1. The fraction of sp³-hybridized carbons (Fsp3) is 0.632. The van der Waals surface area contributed by atoms with E-state index in [1.54, 1.807) is 0 Å². The number of amides is 1. The minimum absolute atomic E-state index is 0. The Kier molecular flexibility index (Phi) is 12.1. The Morgan fingerprint density at radius 3 is 2.54 bits per heavy atom. The van der Waals surface area contributed by atoms with Crippen LogP contribution in [0.5, 0.6) is 0 Å². The van der Waals surface area contributed by atoms with E-state index in [4.69, 9.17) is 10.5 Å². The number of halogens is 2. The van der Waals surface area contributed by atoms with Crippen LogP contribution in [0.3, 0.4) is 0 Å². The zero-order chi connectivity index (χ0) is 17.5. The largest absolute Gasteiger partial charge is 0.374 e. The molecule has 2 rings (SSSR count). The van der Waals surface area contributed by atoms with Crippen LogP contribution in [0.4, 0.5) is 0 Å². The van der Waals surface area contributed by atoms with Gasteiger partial charge >= 0.3 is 0 Å². The van der Waals surface area contributed by atoms with Crippen LogP contribution in [-0.4, -0.2) is 49.7 Å². The quantitative estimate of drug-likeness (QED) is 0.731. The van der Waals surface area contributed by atoms with Crippen molar-refractivity contribution in [2.24, 2.45) is 17.6 Å². The first kappa shape index (κ1) is 25.1. The zero-order valence-corrected chi connectivity index (χ0v) is 17.5. The molecule has 0 aliphatic carbocycles. The number of hydrogen-bond donors (Lipinski definition) is 2. The van der Waals surface area contributed by atoms with Crippen LogP contribution in [-0.2, 0) is 9.53 Å². The predicted octanol–water partition coefficient (Wildman–Crippen LogP) is 2.64. The van der Waals surface area contributed by atoms with Crippen molar-refractivity contribution in [2.75, 3.05) is 32.8 Å². The molecule has 0 radical (unpaired) electrons. The number of nitrogens with one attached hydrogen (secondary N) is 1. The average molecular weight is 406 g/mol. The molecule has 1 saturated heterocycles. The van der Waals surface area contributed by atoms with E-state index in [0.29, 0.717) is 12.5 Å². The Morgan fingerprint density at radius 2 is 1.92 bits per heavy atom. The molecule has 5 nitrogen and oxygen atoms in total. The van der Waals surface area contributed by atoms with Crippen molar-refractivity contribution >= 4 is 30.7 Å². The van der Waals surface area contributed by atoms with E-state index in [0.717, 1.165) is 31.8 Å². The van der Waals surface area contributed by atoms with E-state index in [1.807, 2.05) is 37.3 Å². The van der Waals surface area contributed by atoms with E-state index in [9.17, 15) is 4.79 Å². The summed E-state index contributed by atoms with van der Waals surface area (Å²) in [4.78, 5) is 14.8. The summed E-state index contributed by atoms with van der Waals surface area (Å²) in [6.45, 7) is 10.5. The third kappa shape index (κ3) is 7.80. The van der Waals surface area contributed by atoms with Crippen LogP contribution < -0.4 is 11.1 Å². The fourth-order valence-corrected chi connectivity index (χ4v) is 3.09. The summed E-state index contributed by atoms with van der Waals surface area (Å²) < 4.78 is 5.78. The molecule has 150 valence electrons. The maximum absolute atomic E-state index is 12.4. The lowest BCUT2D eigenvalue weighted by atomic mass is 9.94. The number of nitrogens with two attached hydrogens (primary N) is 1. The van der Waals surface area contributed by atoms with Gasteiger partial charge < -0.3 is 15.8 Å². The molecule has 1 aromatic carbocycles. The van der Waals surface area contributed by atoms with E-state index < -0.39 is 0 Å². The van der Waals surface area contributed by atoms with Gasteiger partial charge in [-0.05, 0) is 11.5 Å². The van der Waals surface area contributed by atoms with Gasteiger partial charge in [-0.3, -0.25) is 9.69 Å². The summed E-state index contributed by atoms with van der Waals surface area (Å²) in [5.74, 6) is 0.348. The van der Waals surface area contributed by atoms with Gasteiger partial charge in [0, 0.05) is 32.2 Å². The highest BCUT2D eigenvalue weighted by Gasteiger charge is 2.25. The first-order valence-corrected chi connectivity index (χ1v) is 8.89. The summed E-state index contributed by atoms with van der Waals surface area (Å²) in [6, 6.07) is 9.46. The molecule has 3 N–H and O–H groups in total. The monoisotopic (exact) mass is 405 g/mol. The van der Waals surface area contributed by atoms with Crippen molar-refractivity contribution < 1.29 is 9.53 Å². The Balaban J connectivity index is 0.00000312. The van der Waals surface area contributed by atoms with Crippen molar-refractivity contribution in [3.8, 4) is 0 Å². The van der Waals surface area contributed by atoms with Gasteiger partial charge in [0.05, 0.1) is 18.6 Å². The van der Waals surface area contributed by atoms with E-state index in [2.05, 4.69) is 24.1 Å². The second-order valence-corrected chi connectivity index (χ2v) is 7.12. The summed E-state index contributed by atoms with van der Waals surface area (Å²) in [5.41, 5.74) is 7.21. The van der Waals surface area contributed by atoms with Gasteiger partial charge in [-0.2, -0.15) is 0 Å². The van der Waals surface area contributed by atoms with Crippen LogP contribution in [0.15, 0.2) is 30.3 Å². The number of carbonyl (C=O) groups excluding carboxylic acids is 1. The van der Waals surface area contributed by atoms with E-state index in [-0.39, 0.29) is 48.8 Å². The normalized spacial score (nSPS) is 19.8. The number of benzene rings is 1. The molecule has 3 atom stereocenters. The summed E-state index contributed by atoms with van der Waals surface area (Å²) >= 11 is 0. The zero-order valence-electron chi connectivity index (χ0n) is 15.9. The van der Waals surface area contributed by atoms with Gasteiger partial charge in [0.25, 0.3) is 0 Å². The van der Waals surface area contributed by atoms with Gasteiger partial charge in [0.15, 0.2) is 0 Å². The van der Waals surface area contributed by atoms with Crippen LogP contribution in [0, 0.1) is 11.8 Å². The lowest BCUT2D eigenvalue weighted by molar-refractivity contribution is -0.126. The summed E-state index contributed by atoms with van der Waals surface area (Å²) in [5, 5.41) is 3.01. The Labute approximate surface area is 169 Å². The first-order chi connectivity index (χ1) is 11.5. The van der Waals surface area contributed by atoms with Crippen LogP contribution in [0.2, 0.25) is 0 Å². The van der Waals surface area contributed by atoms with Crippen LogP contribution in [0.25, 0.3) is 0 Å². The molecule has 26 heavy (non-hydrogen) atoms. The highest BCUT2D eigenvalue weighted by atomic mass is 35.5. The molecule has 0 spiro atoms. The van der Waals surface area contributed by atoms with Crippen molar-refractivity contribution in [1.29, 1.82) is 0 Å². The number of rotatable bonds is 7. The molecule has 1 aliphatic heterocycles. The van der Waals surface area contributed by atoms with Crippen molar-refractivity contribution in [3.05, 3.63) is 35.9 Å². The minimum atomic E-state index is -0.295. The Morgan fingerprint density at radius 1 is 1.27 bits per heavy atom. The number of nitrogens with zero attached hydrogens (tertiary/aromatic N) is 1. The molecule has 3 unspecified atom stereocenters. The molecule has 7 heteroatoms. The smallest absolute Gasteiger partial charge is 0.224 e. The van der Waals surface area contributed by atoms with Crippen molar-refractivity contribution in [2.45, 2.75) is 32.9 Å². The maximum Gasteiger partial charge on any atom is 0.224 e. The molecule has 0 aromatic heterocycles. The first-order valence-electron chi connectivity index (χ1n) is 8.89. The number of morpholine rings is 1. The minimum Gasteiger partial charge on any atom is -0.374 e. The van der Waals surface area contributed by atoms with E-state index in [1.165, 1.54) is 0 Å². The molecule has 1 aliphatic rings. The van der Waals surface area contributed by atoms with Gasteiger partial charge in [-0.1, -0.05) is 51.1 Å². The molecule has 1 heterocycles. The molecular formula is C19H33Cl2N3O2. The van der Waals surface area contributed by atoms with E-state index >= 15 is 0 Å². The summed E-state index contributed by atoms with van der Waals surface area (Å²) in [6.07, 6.45) is 0.0570. The molecule has 1 fully saturated rings. The van der Waals surface area contributed by atoms with Crippen LogP contribution >= 0.6 is 24.8 Å². The second kappa shape index (κ2) is 12.5. The summed E-state index contributed by atoms with van der Waals surface area (Å²) in [7, 11) is 0. The van der Waals surface area contributed by atoms with Gasteiger partial charge in [0.1, 0.15) is 0 Å². The fourth-order valence-electron chi connectivity index (χ4n) is 3.09. The second-order valence-electron chi connectivity index (χ2n) is 7.12.